The topological polar surface area (TPSA) is 18.5 Å². The van der Waals surface area contributed by atoms with Gasteiger partial charge in [0.05, 0.1) is 0 Å². The average Bonchev–Trinajstić information content (AvgIpc) is 2.06. The van der Waals surface area contributed by atoms with Crippen LogP contribution in [-0.2, 0) is 9.16 Å². The fourth-order valence-electron chi connectivity index (χ4n) is 0.742. The minimum atomic E-state index is -0.359. The highest BCUT2D eigenvalue weighted by atomic mass is 28.2. The number of hydrogen-bond donors (Lipinski definition) is 0. The van der Waals surface area contributed by atoms with Gasteiger partial charge in [-0.2, -0.15) is 0 Å². The van der Waals surface area contributed by atoms with Crippen LogP contribution in [0.5, 0.6) is 0 Å². The summed E-state index contributed by atoms with van der Waals surface area (Å²) in [5, 5.41) is 0. The predicted octanol–water partition coefficient (Wildman–Crippen LogP) is 1.69. The van der Waals surface area contributed by atoms with Crippen molar-refractivity contribution in [1.29, 1.82) is 0 Å². The monoisotopic (exact) mass is 176 g/mol. The quantitative estimate of drug-likeness (QED) is 0.453. The largest absolute Gasteiger partial charge is 0.399 e. The molecule has 0 aliphatic rings. The molecule has 0 rings (SSSR count). The van der Waals surface area contributed by atoms with Crippen LogP contribution in [0.2, 0.25) is 5.54 Å². The van der Waals surface area contributed by atoms with Crippen molar-refractivity contribution in [3.05, 3.63) is 0 Å². The molecule has 0 saturated heterocycles. The van der Waals surface area contributed by atoms with Crippen LogP contribution >= 0.6 is 0 Å². The fourth-order valence-corrected chi connectivity index (χ4v) is 1.89. The zero-order chi connectivity index (χ0) is 8.69. The van der Waals surface area contributed by atoms with E-state index in [4.69, 9.17) is 9.16 Å². The first-order chi connectivity index (χ1) is 5.24. The molecule has 68 valence electrons. The van der Waals surface area contributed by atoms with Gasteiger partial charge < -0.3 is 9.16 Å². The van der Waals surface area contributed by atoms with E-state index >= 15 is 0 Å². The molecule has 0 bridgehead atoms. The maximum absolute atomic E-state index is 5.61. The highest BCUT2D eigenvalue weighted by Crippen LogP contribution is 2.08. The average molecular weight is 176 g/mol. The summed E-state index contributed by atoms with van der Waals surface area (Å²) in [6.07, 6.45) is 2.24. The van der Waals surface area contributed by atoms with Crippen LogP contribution in [0, 0.1) is 0 Å². The van der Waals surface area contributed by atoms with Crippen molar-refractivity contribution < 1.29 is 9.16 Å². The van der Waals surface area contributed by atoms with Gasteiger partial charge in [-0.1, -0.05) is 27.2 Å². The van der Waals surface area contributed by atoms with E-state index < -0.39 is 0 Å². The molecule has 0 fully saturated rings. The third-order valence-electron chi connectivity index (χ3n) is 1.86. The smallest absolute Gasteiger partial charge is 0.167 e. The molecule has 11 heavy (non-hydrogen) atoms. The van der Waals surface area contributed by atoms with Gasteiger partial charge in [-0.05, 0) is 12.0 Å². The van der Waals surface area contributed by atoms with Crippen LogP contribution in [0.15, 0.2) is 0 Å². The molecule has 0 aromatic heterocycles. The maximum Gasteiger partial charge on any atom is 0.167 e. The first-order valence-electron chi connectivity index (χ1n) is 4.38. The lowest BCUT2D eigenvalue weighted by Gasteiger charge is -2.16. The lowest BCUT2D eigenvalue weighted by Crippen LogP contribution is -2.18. The molecule has 0 saturated carbocycles. The Morgan fingerprint density at radius 3 is 2.27 bits per heavy atom. The molecule has 0 amide bonds. The summed E-state index contributed by atoms with van der Waals surface area (Å²) in [6, 6.07) is 0. The Balaban J connectivity index is 3.34. The SMILES string of the molecule is CCC(OC)O[SiH2]C(C)CC. The molecule has 0 aliphatic carbocycles. The Morgan fingerprint density at radius 1 is 1.27 bits per heavy atom. The van der Waals surface area contributed by atoms with Crippen molar-refractivity contribution in [2.45, 2.75) is 45.4 Å². The summed E-state index contributed by atoms with van der Waals surface area (Å²) in [5.74, 6) is 0. The number of ether oxygens (including phenoxy) is 1. The van der Waals surface area contributed by atoms with E-state index in [9.17, 15) is 0 Å². The normalized spacial score (nSPS) is 17.5. The molecule has 0 radical (unpaired) electrons. The van der Waals surface area contributed by atoms with Crippen molar-refractivity contribution in [1.82, 2.24) is 0 Å². The Kier molecular flexibility index (Phi) is 6.91. The minimum absolute atomic E-state index is 0.0515. The summed E-state index contributed by atoms with van der Waals surface area (Å²) < 4.78 is 10.7. The summed E-state index contributed by atoms with van der Waals surface area (Å²) in [7, 11) is 1.35. The standard InChI is InChI=1S/C8H20O2Si/c1-5-7(3)11-10-8(6-2)9-4/h7-8H,5-6,11H2,1-4H3. The lowest BCUT2D eigenvalue weighted by atomic mass is 10.4. The van der Waals surface area contributed by atoms with Gasteiger partial charge in [0.15, 0.2) is 9.76 Å². The van der Waals surface area contributed by atoms with Crippen LogP contribution in [0.3, 0.4) is 0 Å². The summed E-state index contributed by atoms with van der Waals surface area (Å²) in [4.78, 5) is 0. The van der Waals surface area contributed by atoms with Gasteiger partial charge in [-0.3, -0.25) is 0 Å². The Morgan fingerprint density at radius 2 is 1.91 bits per heavy atom. The van der Waals surface area contributed by atoms with Crippen molar-refractivity contribution >= 4 is 9.76 Å². The Bertz CT molecular complexity index is 84.2. The van der Waals surface area contributed by atoms with E-state index in [-0.39, 0.29) is 16.1 Å². The van der Waals surface area contributed by atoms with Crippen molar-refractivity contribution in [3.63, 3.8) is 0 Å². The van der Waals surface area contributed by atoms with E-state index in [1.54, 1.807) is 7.11 Å². The van der Waals surface area contributed by atoms with E-state index in [1.807, 2.05) is 0 Å². The Labute approximate surface area is 72.2 Å². The van der Waals surface area contributed by atoms with Crippen LogP contribution in [-0.4, -0.2) is 23.2 Å². The second-order valence-corrected chi connectivity index (χ2v) is 4.98. The van der Waals surface area contributed by atoms with Crippen molar-refractivity contribution in [2.24, 2.45) is 0 Å². The van der Waals surface area contributed by atoms with Crippen LogP contribution in [0.25, 0.3) is 0 Å². The highest BCUT2D eigenvalue weighted by Gasteiger charge is 2.06. The van der Waals surface area contributed by atoms with Crippen LogP contribution in [0.4, 0.5) is 0 Å². The zero-order valence-corrected chi connectivity index (χ0v) is 9.51. The second kappa shape index (κ2) is 6.82. The third kappa shape index (κ3) is 5.41. The summed E-state index contributed by atoms with van der Waals surface area (Å²) in [6.45, 7) is 6.53. The van der Waals surface area contributed by atoms with E-state index in [0.29, 0.717) is 0 Å². The van der Waals surface area contributed by atoms with Gasteiger partial charge in [0.25, 0.3) is 0 Å². The molecule has 0 N–H and O–H groups in total. The first kappa shape index (κ1) is 11.1. The fraction of sp³-hybridized carbons (Fsp3) is 1.00. The molecule has 0 heterocycles. The van der Waals surface area contributed by atoms with Crippen LogP contribution < -0.4 is 0 Å². The Hall–Kier alpha value is 0.137. The number of rotatable bonds is 6. The van der Waals surface area contributed by atoms with Crippen molar-refractivity contribution in [3.8, 4) is 0 Å². The molecule has 0 spiro atoms. The minimum Gasteiger partial charge on any atom is -0.399 e. The molecular formula is C8H20O2Si. The molecule has 2 nitrogen and oxygen atoms in total. The van der Waals surface area contributed by atoms with Gasteiger partial charge in [-0.25, -0.2) is 0 Å². The maximum atomic E-state index is 5.61. The number of methoxy groups -OCH3 is 1. The molecule has 0 aromatic carbocycles. The third-order valence-corrected chi connectivity index (χ3v) is 3.57. The van der Waals surface area contributed by atoms with Gasteiger partial charge in [-0.15, -0.1) is 0 Å². The van der Waals surface area contributed by atoms with E-state index in [1.165, 1.54) is 6.42 Å². The summed E-state index contributed by atoms with van der Waals surface area (Å²) >= 11 is 0. The molecular weight excluding hydrogens is 156 g/mol. The first-order valence-corrected chi connectivity index (χ1v) is 5.78. The van der Waals surface area contributed by atoms with Gasteiger partial charge in [0.1, 0.15) is 6.29 Å². The molecule has 2 unspecified atom stereocenters. The lowest BCUT2D eigenvalue weighted by molar-refractivity contribution is -0.0548. The molecule has 3 heteroatoms. The van der Waals surface area contributed by atoms with Crippen molar-refractivity contribution in [2.75, 3.05) is 7.11 Å². The van der Waals surface area contributed by atoms with Gasteiger partial charge in [0, 0.05) is 7.11 Å². The highest BCUT2D eigenvalue weighted by molar-refractivity contribution is 6.29. The number of hydrogen-bond acceptors (Lipinski definition) is 2. The summed E-state index contributed by atoms with van der Waals surface area (Å²) in [5.41, 5.74) is 0.777. The zero-order valence-electron chi connectivity index (χ0n) is 8.09. The molecule has 0 aliphatic heterocycles. The van der Waals surface area contributed by atoms with E-state index in [0.717, 1.165) is 12.0 Å². The molecule has 2 atom stereocenters. The van der Waals surface area contributed by atoms with Gasteiger partial charge >= 0.3 is 0 Å². The van der Waals surface area contributed by atoms with E-state index in [2.05, 4.69) is 20.8 Å². The molecule has 0 aromatic rings. The van der Waals surface area contributed by atoms with Crippen LogP contribution in [0.1, 0.15) is 33.6 Å². The predicted molar refractivity (Wildman–Crippen MR) is 50.4 cm³/mol. The van der Waals surface area contributed by atoms with Gasteiger partial charge in [0.2, 0.25) is 0 Å². The second-order valence-electron chi connectivity index (χ2n) is 2.92.